The second-order valence-corrected chi connectivity index (χ2v) is 8.71. The van der Waals surface area contributed by atoms with Crippen molar-refractivity contribution in [2.45, 2.75) is 84.3 Å². The number of hydrogen-bond acceptors (Lipinski definition) is 3. The smallest absolute Gasteiger partial charge is 0.157 e. The van der Waals surface area contributed by atoms with Gasteiger partial charge < -0.3 is 10.6 Å². The highest BCUT2D eigenvalue weighted by atomic mass is 16.1. The van der Waals surface area contributed by atoms with Crippen LogP contribution in [0, 0.1) is 17.8 Å². The molecule has 1 saturated heterocycles. The van der Waals surface area contributed by atoms with Gasteiger partial charge >= 0.3 is 0 Å². The molecular weight excluding hydrogens is 260 g/mol. The lowest BCUT2D eigenvalue weighted by atomic mass is 9.89. The third-order valence-corrected chi connectivity index (χ3v) is 5.67. The van der Waals surface area contributed by atoms with Crippen LogP contribution < -0.4 is 10.6 Å². The van der Waals surface area contributed by atoms with Crippen molar-refractivity contribution in [1.29, 1.82) is 0 Å². The van der Waals surface area contributed by atoms with Crippen molar-refractivity contribution < 1.29 is 4.79 Å². The Balaban J connectivity index is 1.95. The lowest BCUT2D eigenvalue weighted by Crippen LogP contribution is -2.51. The van der Waals surface area contributed by atoms with Gasteiger partial charge in [0.25, 0.3) is 0 Å². The van der Waals surface area contributed by atoms with E-state index >= 15 is 0 Å². The molecule has 3 nitrogen and oxygen atoms in total. The Kier molecular flexibility index (Phi) is 4.84. The van der Waals surface area contributed by atoms with Crippen molar-refractivity contribution >= 4 is 5.78 Å². The summed E-state index contributed by atoms with van der Waals surface area (Å²) < 4.78 is 0. The zero-order valence-electron chi connectivity index (χ0n) is 14.8. The van der Waals surface area contributed by atoms with Gasteiger partial charge in [0.1, 0.15) is 0 Å². The Hall–Kier alpha value is -0.410. The van der Waals surface area contributed by atoms with Crippen LogP contribution in [0.5, 0.6) is 0 Å². The van der Waals surface area contributed by atoms with Crippen LogP contribution in [-0.2, 0) is 4.79 Å². The first-order chi connectivity index (χ1) is 9.65. The highest BCUT2D eigenvalue weighted by Crippen LogP contribution is 2.41. The summed E-state index contributed by atoms with van der Waals surface area (Å²) in [7, 11) is 0. The fraction of sp³-hybridized carbons (Fsp3) is 0.944. The molecule has 1 heterocycles. The number of rotatable bonds is 4. The molecule has 2 aliphatic rings. The quantitative estimate of drug-likeness (QED) is 0.837. The average Bonchev–Trinajstić information content (AvgIpc) is 2.93. The largest absolute Gasteiger partial charge is 0.311 e. The van der Waals surface area contributed by atoms with Crippen molar-refractivity contribution in [2.75, 3.05) is 6.54 Å². The Morgan fingerprint density at radius 2 is 1.86 bits per heavy atom. The SMILES string of the molecule is CC(C)C(C)C1CCC2(CCC(CNC(C)(C)C)C2=O)N1. The molecule has 2 N–H and O–H groups in total. The summed E-state index contributed by atoms with van der Waals surface area (Å²) >= 11 is 0. The van der Waals surface area contributed by atoms with Crippen molar-refractivity contribution in [3.05, 3.63) is 0 Å². The van der Waals surface area contributed by atoms with E-state index in [0.29, 0.717) is 23.7 Å². The van der Waals surface area contributed by atoms with Crippen LogP contribution in [-0.4, -0.2) is 29.4 Å². The molecule has 21 heavy (non-hydrogen) atoms. The van der Waals surface area contributed by atoms with Crippen LogP contribution in [0.3, 0.4) is 0 Å². The molecule has 0 radical (unpaired) electrons. The summed E-state index contributed by atoms with van der Waals surface area (Å²) in [6.07, 6.45) is 4.27. The molecule has 1 spiro atoms. The summed E-state index contributed by atoms with van der Waals surface area (Å²) in [6.45, 7) is 14.2. The summed E-state index contributed by atoms with van der Waals surface area (Å²) in [5.74, 6) is 1.99. The molecule has 0 aromatic carbocycles. The first kappa shape index (κ1) is 17.0. The maximum atomic E-state index is 12.9. The number of hydrogen-bond donors (Lipinski definition) is 2. The Bertz CT molecular complexity index is 385. The van der Waals surface area contributed by atoms with Gasteiger partial charge in [0, 0.05) is 24.0 Å². The number of carbonyl (C=O) groups excluding carboxylic acids is 1. The Morgan fingerprint density at radius 3 is 2.43 bits per heavy atom. The summed E-state index contributed by atoms with van der Waals surface area (Å²) in [4.78, 5) is 12.9. The molecule has 1 aliphatic heterocycles. The van der Waals surface area contributed by atoms with Gasteiger partial charge in [-0.1, -0.05) is 20.8 Å². The maximum absolute atomic E-state index is 12.9. The Labute approximate surface area is 130 Å². The van der Waals surface area contributed by atoms with E-state index in [1.807, 2.05) is 0 Å². The van der Waals surface area contributed by atoms with Crippen molar-refractivity contribution in [2.24, 2.45) is 17.8 Å². The highest BCUT2D eigenvalue weighted by Gasteiger charge is 2.52. The second-order valence-electron chi connectivity index (χ2n) is 8.71. The molecule has 0 amide bonds. The third kappa shape index (κ3) is 3.68. The topological polar surface area (TPSA) is 41.1 Å². The first-order valence-electron chi connectivity index (χ1n) is 8.72. The van der Waals surface area contributed by atoms with Crippen molar-refractivity contribution in [3.63, 3.8) is 0 Å². The minimum Gasteiger partial charge on any atom is -0.311 e. The standard InChI is InChI=1S/C18H34N2O/c1-12(2)13(3)15-8-10-18(20-15)9-7-14(16(18)21)11-19-17(4,5)6/h12-15,19-20H,7-11H2,1-6H3. The molecular formula is C18H34N2O. The normalized spacial score (nSPS) is 35.1. The van der Waals surface area contributed by atoms with Crippen LogP contribution in [0.4, 0.5) is 0 Å². The van der Waals surface area contributed by atoms with Gasteiger partial charge in [-0.25, -0.2) is 0 Å². The number of carbonyl (C=O) groups is 1. The Morgan fingerprint density at radius 1 is 1.24 bits per heavy atom. The van der Waals surface area contributed by atoms with Gasteiger partial charge in [0.15, 0.2) is 5.78 Å². The van der Waals surface area contributed by atoms with Gasteiger partial charge in [0.05, 0.1) is 5.54 Å². The van der Waals surface area contributed by atoms with E-state index in [0.717, 1.165) is 32.2 Å². The summed E-state index contributed by atoms with van der Waals surface area (Å²) in [6, 6.07) is 0.517. The molecule has 2 fully saturated rings. The van der Waals surface area contributed by atoms with Crippen LogP contribution in [0.2, 0.25) is 0 Å². The summed E-state index contributed by atoms with van der Waals surface area (Å²) in [5, 5.41) is 7.25. The van der Waals surface area contributed by atoms with Crippen LogP contribution in [0.25, 0.3) is 0 Å². The lowest BCUT2D eigenvalue weighted by molar-refractivity contribution is -0.125. The van der Waals surface area contributed by atoms with Crippen molar-refractivity contribution in [3.8, 4) is 0 Å². The van der Waals surface area contributed by atoms with E-state index in [4.69, 9.17) is 0 Å². The second kappa shape index (κ2) is 6.00. The average molecular weight is 294 g/mol. The van der Waals surface area contributed by atoms with Gasteiger partial charge in [-0.15, -0.1) is 0 Å². The van der Waals surface area contributed by atoms with Crippen molar-refractivity contribution in [1.82, 2.24) is 10.6 Å². The molecule has 0 aromatic rings. The summed E-state index contributed by atoms with van der Waals surface area (Å²) in [5.41, 5.74) is -0.105. The third-order valence-electron chi connectivity index (χ3n) is 5.67. The van der Waals surface area contributed by atoms with Gasteiger partial charge in [0.2, 0.25) is 0 Å². The fourth-order valence-corrected chi connectivity index (χ4v) is 3.84. The molecule has 122 valence electrons. The zero-order chi connectivity index (χ0) is 15.8. The molecule has 2 rings (SSSR count). The predicted octanol–water partition coefficient (Wildman–Crippen LogP) is 3.14. The lowest BCUT2D eigenvalue weighted by Gasteiger charge is -2.29. The van der Waals surface area contributed by atoms with Gasteiger partial charge in [-0.05, 0) is 58.3 Å². The molecule has 1 saturated carbocycles. The molecule has 4 atom stereocenters. The minimum atomic E-state index is -0.196. The predicted molar refractivity (Wildman–Crippen MR) is 88.4 cm³/mol. The fourth-order valence-electron chi connectivity index (χ4n) is 3.84. The zero-order valence-corrected chi connectivity index (χ0v) is 14.8. The molecule has 1 aliphatic carbocycles. The highest BCUT2D eigenvalue weighted by molar-refractivity contribution is 5.93. The maximum Gasteiger partial charge on any atom is 0.157 e. The van der Waals surface area contributed by atoms with Crippen LogP contribution >= 0.6 is 0 Å². The van der Waals surface area contributed by atoms with Crippen LogP contribution in [0.15, 0.2) is 0 Å². The first-order valence-corrected chi connectivity index (χ1v) is 8.72. The number of Topliss-reactive ketones (excluding diaryl/α,β-unsaturated/α-hetero) is 1. The van der Waals surface area contributed by atoms with Gasteiger partial charge in [-0.2, -0.15) is 0 Å². The number of nitrogens with one attached hydrogen (secondary N) is 2. The minimum absolute atomic E-state index is 0.0911. The van der Waals surface area contributed by atoms with E-state index in [9.17, 15) is 4.79 Å². The molecule has 3 heteroatoms. The van der Waals surface area contributed by atoms with Crippen LogP contribution in [0.1, 0.15) is 67.2 Å². The van der Waals surface area contributed by atoms with E-state index in [1.165, 1.54) is 0 Å². The molecule has 0 bridgehead atoms. The molecule has 4 unspecified atom stereocenters. The van der Waals surface area contributed by atoms with E-state index in [-0.39, 0.29) is 17.0 Å². The monoisotopic (exact) mass is 294 g/mol. The van der Waals surface area contributed by atoms with Gasteiger partial charge in [-0.3, -0.25) is 4.79 Å². The number of ketones is 1. The van der Waals surface area contributed by atoms with E-state index < -0.39 is 0 Å². The van der Waals surface area contributed by atoms with E-state index in [1.54, 1.807) is 0 Å². The molecule has 0 aromatic heterocycles. The van der Waals surface area contributed by atoms with E-state index in [2.05, 4.69) is 52.2 Å².